The van der Waals surface area contributed by atoms with E-state index in [1.165, 1.54) is 12.1 Å². The van der Waals surface area contributed by atoms with Gasteiger partial charge in [0.1, 0.15) is 0 Å². The first kappa shape index (κ1) is 14.3. The zero-order chi connectivity index (χ0) is 12.8. The van der Waals surface area contributed by atoms with Crippen molar-refractivity contribution in [2.45, 2.75) is 24.3 Å². The lowest BCUT2D eigenvalue weighted by atomic mass is 10.2. The number of thioether (sulfide) groups is 1. The van der Waals surface area contributed by atoms with E-state index in [1.54, 1.807) is 17.8 Å². The van der Waals surface area contributed by atoms with Crippen molar-refractivity contribution in [3.8, 4) is 0 Å². The molecule has 1 atom stereocenters. The summed E-state index contributed by atoms with van der Waals surface area (Å²) in [7, 11) is 0. The van der Waals surface area contributed by atoms with Crippen LogP contribution in [0.4, 0.5) is 5.69 Å². The van der Waals surface area contributed by atoms with Gasteiger partial charge in [-0.3, -0.25) is 10.1 Å². The van der Waals surface area contributed by atoms with Crippen molar-refractivity contribution in [3.05, 3.63) is 38.9 Å². The second-order valence-corrected chi connectivity index (χ2v) is 5.53. The Morgan fingerprint density at radius 2 is 2.29 bits per heavy atom. The average Bonchev–Trinajstić information content (AvgIpc) is 2.26. The summed E-state index contributed by atoms with van der Waals surface area (Å²) < 4.78 is 0. The molecule has 1 aromatic carbocycles. The number of nitro benzene ring substituents is 1. The molecule has 6 heteroatoms. The van der Waals surface area contributed by atoms with E-state index in [4.69, 9.17) is 16.7 Å². The van der Waals surface area contributed by atoms with Gasteiger partial charge in [-0.05, 0) is 18.6 Å². The van der Waals surface area contributed by atoms with E-state index in [1.807, 2.05) is 6.92 Å². The molecule has 94 valence electrons. The smallest absolute Gasteiger partial charge is 0.273 e. The van der Waals surface area contributed by atoms with Crippen molar-refractivity contribution in [1.29, 1.82) is 0 Å². The molecule has 1 N–H and O–H groups in total. The highest BCUT2D eigenvalue weighted by atomic mass is 35.5. The van der Waals surface area contributed by atoms with E-state index in [-0.39, 0.29) is 17.5 Å². The minimum Gasteiger partial charge on any atom is -0.396 e. The highest BCUT2D eigenvalue weighted by molar-refractivity contribution is 7.99. The third-order valence-electron chi connectivity index (χ3n) is 2.30. The average molecular weight is 276 g/mol. The van der Waals surface area contributed by atoms with Crippen LogP contribution in [0.15, 0.2) is 18.2 Å². The maximum Gasteiger partial charge on any atom is 0.273 e. The number of nitrogens with zero attached hydrogens (tertiary/aromatic N) is 1. The molecule has 0 heterocycles. The van der Waals surface area contributed by atoms with Crippen molar-refractivity contribution in [1.82, 2.24) is 0 Å². The van der Waals surface area contributed by atoms with Crippen LogP contribution in [0.5, 0.6) is 0 Å². The van der Waals surface area contributed by atoms with Gasteiger partial charge < -0.3 is 5.11 Å². The molecular formula is C11H14ClNO3S. The Kier molecular flexibility index (Phi) is 5.74. The lowest BCUT2D eigenvalue weighted by Crippen LogP contribution is -2.01. The van der Waals surface area contributed by atoms with Crippen molar-refractivity contribution >= 4 is 29.1 Å². The molecule has 1 aromatic rings. The number of aliphatic hydroxyl groups excluding tert-OH is 1. The van der Waals surface area contributed by atoms with Crippen LogP contribution in [-0.4, -0.2) is 21.9 Å². The summed E-state index contributed by atoms with van der Waals surface area (Å²) in [5, 5.41) is 20.4. The molecule has 0 aliphatic heterocycles. The Balaban J connectivity index is 2.75. The third-order valence-corrected chi connectivity index (χ3v) is 3.81. The van der Waals surface area contributed by atoms with Crippen molar-refractivity contribution < 1.29 is 10.0 Å². The number of halogens is 1. The SMILES string of the molecule is CC(CCO)SCc1cc(Cl)ccc1[N+](=O)[O-]. The first-order valence-corrected chi connectivity index (χ1v) is 6.62. The van der Waals surface area contributed by atoms with Crippen LogP contribution in [0.25, 0.3) is 0 Å². The number of nitro groups is 1. The Hall–Kier alpha value is -0.780. The van der Waals surface area contributed by atoms with Crippen LogP contribution in [0.2, 0.25) is 5.02 Å². The summed E-state index contributed by atoms with van der Waals surface area (Å²) in [6.45, 7) is 2.11. The Bertz CT molecular complexity index is 400. The summed E-state index contributed by atoms with van der Waals surface area (Å²) in [6.07, 6.45) is 0.680. The lowest BCUT2D eigenvalue weighted by molar-refractivity contribution is -0.385. The molecule has 1 rings (SSSR count). The van der Waals surface area contributed by atoms with Gasteiger partial charge in [-0.25, -0.2) is 0 Å². The zero-order valence-electron chi connectivity index (χ0n) is 9.43. The number of hydrogen-bond acceptors (Lipinski definition) is 4. The van der Waals surface area contributed by atoms with Crippen LogP contribution < -0.4 is 0 Å². The van der Waals surface area contributed by atoms with Gasteiger partial charge in [-0.1, -0.05) is 18.5 Å². The quantitative estimate of drug-likeness (QED) is 0.639. The van der Waals surface area contributed by atoms with Gasteiger partial charge in [0.15, 0.2) is 0 Å². The molecule has 0 radical (unpaired) electrons. The third kappa shape index (κ3) is 4.53. The number of rotatable bonds is 6. The summed E-state index contributed by atoms with van der Waals surface area (Å²) >= 11 is 7.40. The molecule has 0 saturated carbocycles. The van der Waals surface area contributed by atoms with Crippen molar-refractivity contribution in [2.75, 3.05) is 6.61 Å². The number of benzene rings is 1. The highest BCUT2D eigenvalue weighted by Gasteiger charge is 2.14. The Morgan fingerprint density at radius 1 is 1.59 bits per heavy atom. The highest BCUT2D eigenvalue weighted by Crippen LogP contribution is 2.28. The molecule has 0 saturated heterocycles. The largest absolute Gasteiger partial charge is 0.396 e. The number of aliphatic hydroxyl groups is 1. The summed E-state index contributed by atoms with van der Waals surface area (Å²) in [4.78, 5) is 10.4. The van der Waals surface area contributed by atoms with Gasteiger partial charge in [0.25, 0.3) is 5.69 Å². The second-order valence-electron chi connectivity index (χ2n) is 3.66. The predicted octanol–water partition coefficient (Wildman–Crippen LogP) is 3.25. The van der Waals surface area contributed by atoms with Gasteiger partial charge >= 0.3 is 0 Å². The normalized spacial score (nSPS) is 12.4. The van der Waals surface area contributed by atoms with Crippen LogP contribution >= 0.6 is 23.4 Å². The maximum absolute atomic E-state index is 10.8. The maximum atomic E-state index is 10.8. The summed E-state index contributed by atoms with van der Waals surface area (Å²) in [6, 6.07) is 4.57. The number of hydrogen-bond donors (Lipinski definition) is 1. The first-order chi connectivity index (χ1) is 8.04. The van der Waals surface area contributed by atoms with Crippen LogP contribution in [0.1, 0.15) is 18.9 Å². The Morgan fingerprint density at radius 3 is 2.88 bits per heavy atom. The van der Waals surface area contributed by atoms with Gasteiger partial charge in [-0.2, -0.15) is 11.8 Å². The fourth-order valence-electron chi connectivity index (χ4n) is 1.34. The van der Waals surface area contributed by atoms with Crippen LogP contribution in [0, 0.1) is 10.1 Å². The van der Waals surface area contributed by atoms with E-state index in [9.17, 15) is 10.1 Å². The molecular weight excluding hydrogens is 262 g/mol. The van der Waals surface area contributed by atoms with Crippen LogP contribution in [0.3, 0.4) is 0 Å². The monoisotopic (exact) mass is 275 g/mol. The van der Waals surface area contributed by atoms with Gasteiger partial charge in [-0.15, -0.1) is 0 Å². The van der Waals surface area contributed by atoms with Gasteiger partial charge in [0.2, 0.25) is 0 Å². The van der Waals surface area contributed by atoms with E-state index in [2.05, 4.69) is 0 Å². The minimum absolute atomic E-state index is 0.0955. The molecule has 0 aromatic heterocycles. The topological polar surface area (TPSA) is 63.4 Å². The molecule has 0 bridgehead atoms. The van der Waals surface area contributed by atoms with Gasteiger partial charge in [0, 0.05) is 34.3 Å². The molecule has 0 fully saturated rings. The minimum atomic E-state index is -0.400. The molecule has 0 aliphatic carbocycles. The van der Waals surface area contributed by atoms with Crippen molar-refractivity contribution in [3.63, 3.8) is 0 Å². The van der Waals surface area contributed by atoms with E-state index >= 15 is 0 Å². The molecule has 1 unspecified atom stereocenters. The molecule has 0 aliphatic rings. The predicted molar refractivity (Wildman–Crippen MR) is 70.6 cm³/mol. The van der Waals surface area contributed by atoms with E-state index < -0.39 is 4.92 Å². The molecule has 0 amide bonds. The standard InChI is InChI=1S/C11H14ClNO3S/c1-8(4-5-14)17-7-9-6-10(12)2-3-11(9)13(15)16/h2-3,6,8,14H,4-5,7H2,1H3. The summed E-state index contributed by atoms with van der Waals surface area (Å²) in [5.41, 5.74) is 0.718. The van der Waals surface area contributed by atoms with E-state index in [0.29, 0.717) is 22.8 Å². The summed E-state index contributed by atoms with van der Waals surface area (Å²) in [5.74, 6) is 0.526. The lowest BCUT2D eigenvalue weighted by Gasteiger charge is -2.09. The molecule has 4 nitrogen and oxygen atoms in total. The second kappa shape index (κ2) is 6.83. The van der Waals surface area contributed by atoms with Crippen LogP contribution in [-0.2, 0) is 5.75 Å². The Labute approximate surface area is 109 Å². The molecule has 0 spiro atoms. The first-order valence-electron chi connectivity index (χ1n) is 5.20. The fourth-order valence-corrected chi connectivity index (χ4v) is 2.51. The van der Waals surface area contributed by atoms with E-state index in [0.717, 1.165) is 0 Å². The van der Waals surface area contributed by atoms with Crippen molar-refractivity contribution in [2.24, 2.45) is 0 Å². The molecule has 17 heavy (non-hydrogen) atoms. The van der Waals surface area contributed by atoms with Gasteiger partial charge in [0.05, 0.1) is 4.92 Å². The zero-order valence-corrected chi connectivity index (χ0v) is 11.0. The fraction of sp³-hybridized carbons (Fsp3) is 0.455.